The molecule has 1 amide bonds. The summed E-state index contributed by atoms with van der Waals surface area (Å²) in [4.78, 5) is 12.8. The molecule has 0 fully saturated rings. The van der Waals surface area contributed by atoms with Crippen LogP contribution in [0.2, 0.25) is 0 Å². The smallest absolute Gasteiger partial charge is 0.255 e. The minimum atomic E-state index is -0.217. The molecule has 0 atom stereocenters. The first-order valence-corrected chi connectivity index (χ1v) is 9.15. The Balaban J connectivity index is 1.67. The van der Waals surface area contributed by atoms with Gasteiger partial charge in [-0.3, -0.25) is 4.79 Å². The van der Waals surface area contributed by atoms with Gasteiger partial charge in [-0.2, -0.15) is 0 Å². The summed E-state index contributed by atoms with van der Waals surface area (Å²) in [5, 5.41) is 7.83. The highest BCUT2D eigenvalue weighted by atomic mass is 16.5. The lowest BCUT2D eigenvalue weighted by Gasteiger charge is -2.11. The number of aromatic nitrogens is 1. The zero-order chi connectivity index (χ0) is 19.5. The van der Waals surface area contributed by atoms with E-state index in [1.165, 1.54) is 5.56 Å². The van der Waals surface area contributed by atoms with Gasteiger partial charge in [0.1, 0.15) is 11.3 Å². The predicted octanol–water partition coefficient (Wildman–Crippen LogP) is 5.45. The molecule has 4 rings (SSSR count). The number of hydrogen-bond donors (Lipinski definition) is 1. The van der Waals surface area contributed by atoms with Crippen LogP contribution >= 0.6 is 0 Å². The van der Waals surface area contributed by atoms with E-state index in [9.17, 15) is 4.79 Å². The van der Waals surface area contributed by atoms with Crippen molar-refractivity contribution in [3.8, 4) is 17.1 Å². The standard InChI is InChI=1S/C23H20N2O3/c1-3-27-21-7-5-4-6-20(21)24-23(26)17-12-13-19-18(14-17)22(28-25-19)16-10-8-15(2)9-11-16/h4-14H,3H2,1-2H3,(H,24,26). The first kappa shape index (κ1) is 17.8. The second kappa shape index (κ2) is 7.56. The quantitative estimate of drug-likeness (QED) is 0.506. The fraction of sp³-hybridized carbons (Fsp3) is 0.130. The number of hydrogen-bond acceptors (Lipinski definition) is 4. The Morgan fingerprint density at radius 2 is 1.86 bits per heavy atom. The SMILES string of the molecule is CCOc1ccccc1NC(=O)c1ccc2noc(-c3ccc(C)cc3)c2c1. The van der Waals surface area contributed by atoms with Gasteiger partial charge in [-0.25, -0.2) is 0 Å². The highest BCUT2D eigenvalue weighted by Gasteiger charge is 2.15. The first-order valence-electron chi connectivity index (χ1n) is 9.15. The van der Waals surface area contributed by atoms with Crippen LogP contribution in [0.1, 0.15) is 22.8 Å². The number of benzene rings is 3. The van der Waals surface area contributed by atoms with Gasteiger partial charge in [0, 0.05) is 11.1 Å². The van der Waals surface area contributed by atoms with E-state index in [0.29, 0.717) is 34.9 Å². The zero-order valence-corrected chi connectivity index (χ0v) is 15.7. The third kappa shape index (κ3) is 3.47. The molecule has 1 N–H and O–H groups in total. The van der Waals surface area contributed by atoms with Crippen molar-refractivity contribution in [3.63, 3.8) is 0 Å². The number of carbonyl (C=O) groups is 1. The Kier molecular flexibility index (Phi) is 4.81. The summed E-state index contributed by atoms with van der Waals surface area (Å²) in [6, 6.07) is 20.7. The Labute approximate surface area is 162 Å². The van der Waals surface area contributed by atoms with Crippen LogP contribution in [0.4, 0.5) is 5.69 Å². The molecular formula is C23H20N2O3. The Morgan fingerprint density at radius 3 is 2.64 bits per heavy atom. The van der Waals surface area contributed by atoms with Crippen molar-refractivity contribution < 1.29 is 14.1 Å². The molecule has 0 saturated carbocycles. The normalized spacial score (nSPS) is 10.8. The lowest BCUT2D eigenvalue weighted by Crippen LogP contribution is -2.12. The molecule has 4 aromatic rings. The summed E-state index contributed by atoms with van der Waals surface area (Å²) < 4.78 is 11.1. The monoisotopic (exact) mass is 372 g/mol. The molecule has 0 spiro atoms. The molecule has 0 bridgehead atoms. The lowest BCUT2D eigenvalue weighted by molar-refractivity contribution is 0.102. The minimum absolute atomic E-state index is 0.217. The topological polar surface area (TPSA) is 64.4 Å². The molecule has 0 radical (unpaired) electrons. The molecule has 0 unspecified atom stereocenters. The summed E-state index contributed by atoms with van der Waals surface area (Å²) in [6.07, 6.45) is 0. The first-order chi connectivity index (χ1) is 13.7. The van der Waals surface area contributed by atoms with Crippen molar-refractivity contribution in [2.75, 3.05) is 11.9 Å². The second-order valence-electron chi connectivity index (χ2n) is 6.49. The molecular weight excluding hydrogens is 352 g/mol. The van der Waals surface area contributed by atoms with Crippen LogP contribution in [-0.4, -0.2) is 17.7 Å². The number of para-hydroxylation sites is 2. The number of fused-ring (bicyclic) bond motifs is 1. The van der Waals surface area contributed by atoms with E-state index < -0.39 is 0 Å². The van der Waals surface area contributed by atoms with E-state index in [1.807, 2.05) is 62.4 Å². The Hall–Kier alpha value is -3.60. The largest absolute Gasteiger partial charge is 0.492 e. The maximum atomic E-state index is 12.8. The molecule has 28 heavy (non-hydrogen) atoms. The minimum Gasteiger partial charge on any atom is -0.492 e. The van der Waals surface area contributed by atoms with Crippen LogP contribution in [0.3, 0.4) is 0 Å². The number of nitrogens with zero attached hydrogens (tertiary/aromatic N) is 1. The van der Waals surface area contributed by atoms with Gasteiger partial charge in [0.2, 0.25) is 0 Å². The van der Waals surface area contributed by atoms with Crippen LogP contribution < -0.4 is 10.1 Å². The summed E-state index contributed by atoms with van der Waals surface area (Å²) in [5.41, 5.74) is 3.96. The van der Waals surface area contributed by atoms with Crippen molar-refractivity contribution in [1.82, 2.24) is 5.16 Å². The van der Waals surface area contributed by atoms with E-state index >= 15 is 0 Å². The van der Waals surface area contributed by atoms with Crippen molar-refractivity contribution >= 4 is 22.5 Å². The molecule has 3 aromatic carbocycles. The van der Waals surface area contributed by atoms with Gasteiger partial charge >= 0.3 is 0 Å². The van der Waals surface area contributed by atoms with Crippen molar-refractivity contribution in [3.05, 3.63) is 77.9 Å². The average Bonchev–Trinajstić information content (AvgIpc) is 3.13. The molecule has 5 nitrogen and oxygen atoms in total. The van der Waals surface area contributed by atoms with Gasteiger partial charge in [-0.1, -0.05) is 47.1 Å². The summed E-state index contributed by atoms with van der Waals surface area (Å²) in [6.45, 7) is 4.47. The number of amides is 1. The van der Waals surface area contributed by atoms with Crippen LogP contribution in [0.25, 0.3) is 22.2 Å². The second-order valence-corrected chi connectivity index (χ2v) is 6.49. The van der Waals surface area contributed by atoms with E-state index in [1.54, 1.807) is 18.2 Å². The number of carbonyl (C=O) groups excluding carboxylic acids is 1. The molecule has 0 aliphatic rings. The Bertz CT molecular complexity index is 1130. The summed E-state index contributed by atoms with van der Waals surface area (Å²) in [5.74, 6) is 1.08. The average molecular weight is 372 g/mol. The molecule has 5 heteroatoms. The zero-order valence-electron chi connectivity index (χ0n) is 15.7. The van der Waals surface area contributed by atoms with E-state index in [-0.39, 0.29) is 5.91 Å². The summed E-state index contributed by atoms with van der Waals surface area (Å²) >= 11 is 0. The molecule has 140 valence electrons. The van der Waals surface area contributed by atoms with Gasteiger partial charge in [-0.05, 0) is 44.2 Å². The lowest BCUT2D eigenvalue weighted by atomic mass is 10.0. The highest BCUT2D eigenvalue weighted by Crippen LogP contribution is 2.30. The fourth-order valence-electron chi connectivity index (χ4n) is 3.04. The summed E-state index contributed by atoms with van der Waals surface area (Å²) in [7, 11) is 0. The van der Waals surface area contributed by atoms with Crippen LogP contribution in [-0.2, 0) is 0 Å². The van der Waals surface area contributed by atoms with Gasteiger partial charge in [0.15, 0.2) is 5.76 Å². The molecule has 0 aliphatic heterocycles. The van der Waals surface area contributed by atoms with Gasteiger partial charge in [-0.15, -0.1) is 0 Å². The number of nitrogens with one attached hydrogen (secondary N) is 1. The third-order valence-electron chi connectivity index (χ3n) is 4.49. The molecule has 1 heterocycles. The maximum absolute atomic E-state index is 12.8. The molecule has 0 aliphatic carbocycles. The number of aryl methyl sites for hydroxylation is 1. The van der Waals surface area contributed by atoms with Crippen molar-refractivity contribution in [2.45, 2.75) is 13.8 Å². The van der Waals surface area contributed by atoms with Gasteiger partial charge in [0.05, 0.1) is 17.7 Å². The molecule has 1 aromatic heterocycles. The van der Waals surface area contributed by atoms with Gasteiger partial charge in [0.25, 0.3) is 5.91 Å². The van der Waals surface area contributed by atoms with Crippen LogP contribution in [0.5, 0.6) is 5.75 Å². The van der Waals surface area contributed by atoms with Gasteiger partial charge < -0.3 is 14.6 Å². The number of rotatable bonds is 5. The maximum Gasteiger partial charge on any atom is 0.255 e. The van der Waals surface area contributed by atoms with E-state index in [2.05, 4.69) is 10.5 Å². The van der Waals surface area contributed by atoms with E-state index in [4.69, 9.17) is 9.26 Å². The Morgan fingerprint density at radius 1 is 1.07 bits per heavy atom. The van der Waals surface area contributed by atoms with Crippen molar-refractivity contribution in [2.24, 2.45) is 0 Å². The van der Waals surface area contributed by atoms with Crippen LogP contribution in [0, 0.1) is 6.92 Å². The predicted molar refractivity (Wildman–Crippen MR) is 110 cm³/mol. The van der Waals surface area contributed by atoms with Crippen LogP contribution in [0.15, 0.2) is 71.3 Å². The number of anilines is 1. The number of ether oxygens (including phenoxy) is 1. The highest BCUT2D eigenvalue weighted by molar-refractivity contribution is 6.08. The molecule has 0 saturated heterocycles. The van der Waals surface area contributed by atoms with E-state index in [0.717, 1.165) is 10.9 Å². The fourth-order valence-corrected chi connectivity index (χ4v) is 3.04. The third-order valence-corrected chi connectivity index (χ3v) is 4.49. The van der Waals surface area contributed by atoms with Crippen molar-refractivity contribution in [1.29, 1.82) is 0 Å².